The van der Waals surface area contributed by atoms with Crippen molar-refractivity contribution >= 4 is 69.0 Å². The number of methoxy groups -OCH3 is 1. The van der Waals surface area contributed by atoms with Crippen LogP contribution in [0.2, 0.25) is 10.0 Å². The average molecular weight is 458 g/mol. The van der Waals surface area contributed by atoms with Crippen molar-refractivity contribution in [1.82, 2.24) is 4.98 Å². The van der Waals surface area contributed by atoms with Crippen molar-refractivity contribution in [2.75, 3.05) is 20.3 Å². The zero-order valence-corrected chi connectivity index (χ0v) is 18.3. The summed E-state index contributed by atoms with van der Waals surface area (Å²) in [5.41, 5.74) is 2.59. The zero-order chi connectivity index (χ0) is 20.9. The van der Waals surface area contributed by atoms with Gasteiger partial charge in [0.25, 0.3) is 0 Å². The predicted molar refractivity (Wildman–Crippen MR) is 127 cm³/mol. The second kappa shape index (κ2) is 9.62. The van der Waals surface area contributed by atoms with Crippen molar-refractivity contribution in [2.24, 2.45) is 9.98 Å². The summed E-state index contributed by atoms with van der Waals surface area (Å²) in [7, 11) is 1.61. The van der Waals surface area contributed by atoms with Crippen LogP contribution in [0.1, 0.15) is 5.56 Å². The Balaban J connectivity index is 1.53. The Morgan fingerprint density at radius 2 is 2.00 bits per heavy atom. The van der Waals surface area contributed by atoms with Gasteiger partial charge < -0.3 is 9.47 Å². The van der Waals surface area contributed by atoms with Crippen LogP contribution in [0.3, 0.4) is 0 Å². The highest BCUT2D eigenvalue weighted by atomic mass is 35.5. The molecule has 0 saturated carbocycles. The van der Waals surface area contributed by atoms with E-state index in [1.807, 2.05) is 24.3 Å². The highest BCUT2D eigenvalue weighted by Gasteiger charge is 2.14. The Bertz CT molecular complexity index is 1180. The van der Waals surface area contributed by atoms with Crippen LogP contribution in [0.4, 0.5) is 5.69 Å². The van der Waals surface area contributed by atoms with E-state index in [1.54, 1.807) is 31.7 Å². The molecule has 5 nitrogen and oxygen atoms in total. The molecule has 152 valence electrons. The number of benzene rings is 2. The van der Waals surface area contributed by atoms with Crippen molar-refractivity contribution in [1.29, 1.82) is 0 Å². The van der Waals surface area contributed by atoms with Crippen molar-refractivity contribution < 1.29 is 9.47 Å². The van der Waals surface area contributed by atoms with Crippen molar-refractivity contribution in [3.63, 3.8) is 0 Å². The first kappa shape index (κ1) is 20.9. The molecule has 0 saturated heterocycles. The third-order valence-electron chi connectivity index (χ3n) is 4.21. The fraction of sp³-hybridized carbons (Fsp3) is 0.136. The number of allylic oxidation sites excluding steroid dienone is 1. The molecular formula is C22H17Cl2N3O2S. The second-order valence-corrected chi connectivity index (χ2v) is 8.19. The molecule has 8 heteroatoms. The molecular weight excluding hydrogens is 441 g/mol. The Morgan fingerprint density at radius 1 is 1.10 bits per heavy atom. The number of hydrogen-bond acceptors (Lipinski definition) is 5. The first-order valence-corrected chi connectivity index (χ1v) is 10.7. The second-order valence-electron chi connectivity index (χ2n) is 6.33. The molecule has 0 aliphatic carbocycles. The number of nitrogens with zero attached hydrogens (tertiary/aromatic N) is 3. The lowest BCUT2D eigenvalue weighted by atomic mass is 10.1. The summed E-state index contributed by atoms with van der Waals surface area (Å²) in [5, 5.41) is 2.54. The summed E-state index contributed by atoms with van der Waals surface area (Å²) >= 11 is 14.0. The van der Waals surface area contributed by atoms with Gasteiger partial charge in [-0.05, 0) is 47.7 Å². The minimum atomic E-state index is 0.384. The molecule has 2 heterocycles. The smallest absolute Gasteiger partial charge is 0.193 e. The number of pyridine rings is 1. The van der Waals surface area contributed by atoms with Crippen molar-refractivity contribution in [3.8, 4) is 5.75 Å². The number of rotatable bonds is 6. The Morgan fingerprint density at radius 3 is 2.87 bits per heavy atom. The van der Waals surface area contributed by atoms with Crippen molar-refractivity contribution in [2.45, 2.75) is 0 Å². The minimum Gasteiger partial charge on any atom is -0.490 e. The van der Waals surface area contributed by atoms with Crippen LogP contribution >= 0.6 is 35.0 Å². The molecule has 3 aromatic rings. The Labute approximate surface area is 188 Å². The average Bonchev–Trinajstić information content (AvgIpc) is 3.18. The normalized spacial score (nSPS) is 16.1. The largest absolute Gasteiger partial charge is 0.490 e. The van der Waals surface area contributed by atoms with Gasteiger partial charge in [0.1, 0.15) is 12.4 Å². The number of fused-ring (bicyclic) bond motifs is 1. The third kappa shape index (κ3) is 5.02. The minimum absolute atomic E-state index is 0.384. The maximum Gasteiger partial charge on any atom is 0.193 e. The zero-order valence-electron chi connectivity index (χ0n) is 16.0. The molecule has 0 amide bonds. The SMILES string of the molecule is COCCOc1cc(N=C2N=CC(=Cc3ccc4ncccc4c3)S2)c(Cl)cc1Cl. The van der Waals surface area contributed by atoms with E-state index in [0.29, 0.717) is 39.9 Å². The van der Waals surface area contributed by atoms with Gasteiger partial charge in [-0.2, -0.15) is 0 Å². The molecule has 4 rings (SSSR count). The van der Waals surface area contributed by atoms with Crippen LogP contribution < -0.4 is 4.74 Å². The van der Waals surface area contributed by atoms with Crippen LogP contribution in [-0.2, 0) is 4.74 Å². The summed E-state index contributed by atoms with van der Waals surface area (Å²) < 4.78 is 10.6. The molecule has 2 aromatic carbocycles. The van der Waals surface area contributed by atoms with Gasteiger partial charge in [-0.15, -0.1) is 0 Å². The first-order chi connectivity index (χ1) is 14.6. The lowest BCUT2D eigenvalue weighted by Crippen LogP contribution is -2.04. The lowest BCUT2D eigenvalue weighted by molar-refractivity contribution is 0.146. The van der Waals surface area contributed by atoms with Gasteiger partial charge in [-0.25, -0.2) is 9.98 Å². The number of thioether (sulfide) groups is 1. The molecule has 30 heavy (non-hydrogen) atoms. The Kier molecular flexibility index (Phi) is 6.69. The fourth-order valence-electron chi connectivity index (χ4n) is 2.80. The van der Waals surface area contributed by atoms with Gasteiger partial charge in [0, 0.05) is 35.9 Å². The summed E-state index contributed by atoms with van der Waals surface area (Å²) in [5.74, 6) is 0.505. The third-order valence-corrected chi connectivity index (χ3v) is 5.65. The molecule has 0 radical (unpaired) electrons. The van der Waals surface area contributed by atoms with E-state index in [4.69, 9.17) is 32.7 Å². The Hall–Kier alpha value is -2.38. The molecule has 0 fully saturated rings. The van der Waals surface area contributed by atoms with Crippen LogP contribution in [0.15, 0.2) is 63.6 Å². The fourth-order valence-corrected chi connectivity index (χ4v) is 4.04. The number of aromatic nitrogens is 1. The molecule has 0 N–H and O–H groups in total. The standard InChI is InChI=1S/C22H17Cl2N3O2S/c1-28-7-8-29-21-12-20(17(23)11-18(21)24)27-22-26-13-16(30-22)10-14-4-5-19-15(9-14)3-2-6-25-19/h2-6,9-13H,7-8H2,1H3. The van der Waals surface area contributed by atoms with Crippen LogP contribution in [0.25, 0.3) is 17.0 Å². The van der Waals surface area contributed by atoms with E-state index in [9.17, 15) is 0 Å². The van der Waals surface area contributed by atoms with Crippen LogP contribution in [-0.4, -0.2) is 36.7 Å². The maximum atomic E-state index is 6.31. The number of ether oxygens (including phenoxy) is 2. The van der Waals surface area contributed by atoms with Crippen LogP contribution in [0.5, 0.6) is 5.75 Å². The monoisotopic (exact) mass is 457 g/mol. The number of amidine groups is 1. The van der Waals surface area contributed by atoms with Gasteiger partial charge >= 0.3 is 0 Å². The summed E-state index contributed by atoms with van der Waals surface area (Å²) in [4.78, 5) is 14.3. The highest BCUT2D eigenvalue weighted by Crippen LogP contribution is 2.37. The van der Waals surface area contributed by atoms with Gasteiger partial charge in [0.15, 0.2) is 5.17 Å². The summed E-state index contributed by atoms with van der Waals surface area (Å²) in [6.07, 6.45) is 5.64. The lowest BCUT2D eigenvalue weighted by Gasteiger charge is -2.09. The highest BCUT2D eigenvalue weighted by molar-refractivity contribution is 8.18. The number of hydrogen-bond donors (Lipinski definition) is 0. The first-order valence-electron chi connectivity index (χ1n) is 9.10. The predicted octanol–water partition coefficient (Wildman–Crippen LogP) is 6.41. The van der Waals surface area contributed by atoms with Crippen molar-refractivity contribution in [3.05, 3.63) is 69.2 Å². The molecule has 1 aliphatic rings. The van der Waals surface area contributed by atoms with E-state index in [1.165, 1.54) is 11.8 Å². The maximum absolute atomic E-state index is 6.31. The van der Waals surface area contributed by atoms with Gasteiger partial charge in [0.05, 0.1) is 27.9 Å². The van der Waals surface area contributed by atoms with Gasteiger partial charge in [0.2, 0.25) is 0 Å². The molecule has 0 bridgehead atoms. The van der Waals surface area contributed by atoms with E-state index < -0.39 is 0 Å². The van der Waals surface area contributed by atoms with E-state index in [-0.39, 0.29) is 0 Å². The van der Waals surface area contributed by atoms with E-state index in [0.717, 1.165) is 21.4 Å². The summed E-state index contributed by atoms with van der Waals surface area (Å²) in [6, 6.07) is 13.4. The summed E-state index contributed by atoms with van der Waals surface area (Å²) in [6.45, 7) is 0.844. The number of halogens is 2. The molecule has 0 atom stereocenters. The molecule has 1 aliphatic heterocycles. The molecule has 0 spiro atoms. The topological polar surface area (TPSA) is 56.1 Å². The van der Waals surface area contributed by atoms with Crippen LogP contribution in [0, 0.1) is 0 Å². The van der Waals surface area contributed by atoms with Gasteiger partial charge in [-0.1, -0.05) is 35.3 Å². The quantitative estimate of drug-likeness (QED) is 0.401. The molecule has 1 aromatic heterocycles. The van der Waals surface area contributed by atoms with E-state index in [2.05, 4.69) is 27.1 Å². The number of aliphatic imine (C=N–C) groups is 2. The van der Waals surface area contributed by atoms with E-state index >= 15 is 0 Å². The van der Waals surface area contributed by atoms with Gasteiger partial charge in [-0.3, -0.25) is 4.98 Å². The molecule has 0 unspecified atom stereocenters.